The van der Waals surface area contributed by atoms with Crippen LogP contribution in [0.1, 0.15) is 40.5 Å². The molecule has 0 unspecified atom stereocenters. The van der Waals surface area contributed by atoms with E-state index in [1.807, 2.05) is 6.92 Å². The van der Waals surface area contributed by atoms with Crippen LogP contribution in [-0.2, 0) is 10.0 Å². The maximum atomic E-state index is 12.5. The number of hydrogen-bond donors (Lipinski definition) is 1. The summed E-state index contributed by atoms with van der Waals surface area (Å²) in [6.07, 6.45) is 1.60. The topological polar surface area (TPSA) is 60.9 Å². The largest absolute Gasteiger partial charge is 0.395 e. The monoisotopic (exact) mass is 306 g/mol. The van der Waals surface area contributed by atoms with E-state index in [2.05, 4.69) is 25.7 Å². The Hall–Kier alpha value is -0.170. The van der Waals surface area contributed by atoms with E-state index < -0.39 is 10.0 Å². The van der Waals surface area contributed by atoms with Crippen LogP contribution in [0.2, 0.25) is 0 Å². The van der Waals surface area contributed by atoms with Crippen LogP contribution in [0.25, 0.3) is 0 Å². The molecular formula is C14H30N2O3S. The molecule has 0 bridgehead atoms. The van der Waals surface area contributed by atoms with Gasteiger partial charge in [0.05, 0.1) is 11.9 Å². The first kappa shape index (κ1) is 17.9. The molecule has 0 radical (unpaired) electrons. The van der Waals surface area contributed by atoms with Crippen molar-refractivity contribution in [3.8, 4) is 0 Å². The number of aliphatic hydroxyl groups is 1. The van der Waals surface area contributed by atoms with Crippen LogP contribution in [0.15, 0.2) is 0 Å². The molecular weight excluding hydrogens is 276 g/mol. The standard InChI is InChI=1S/C14H30N2O3S/c1-5-14(11-17)15-6-8-16(9-7-15)20(18,19)13(4)10-12(2)3/h12-14,17H,5-11H2,1-4H3/t13-,14-/m0/s1. The molecule has 2 atom stereocenters. The van der Waals surface area contributed by atoms with Crippen molar-refractivity contribution < 1.29 is 13.5 Å². The summed E-state index contributed by atoms with van der Waals surface area (Å²) in [5.41, 5.74) is 0. The first-order valence-corrected chi connectivity index (χ1v) is 9.17. The van der Waals surface area contributed by atoms with Crippen molar-refractivity contribution in [3.05, 3.63) is 0 Å². The van der Waals surface area contributed by atoms with Gasteiger partial charge < -0.3 is 5.11 Å². The molecule has 0 aromatic carbocycles. The lowest BCUT2D eigenvalue weighted by Crippen LogP contribution is -2.54. The van der Waals surface area contributed by atoms with Crippen LogP contribution in [0, 0.1) is 5.92 Å². The molecule has 1 rings (SSSR count). The predicted octanol–water partition coefficient (Wildman–Crippen LogP) is 1.14. The van der Waals surface area contributed by atoms with E-state index in [0.29, 0.717) is 38.5 Å². The second-order valence-electron chi connectivity index (χ2n) is 6.16. The third-order valence-corrected chi connectivity index (χ3v) is 6.44. The van der Waals surface area contributed by atoms with Crippen molar-refractivity contribution >= 4 is 10.0 Å². The Morgan fingerprint density at radius 2 is 1.65 bits per heavy atom. The van der Waals surface area contributed by atoms with E-state index in [1.54, 1.807) is 4.31 Å². The summed E-state index contributed by atoms with van der Waals surface area (Å²) >= 11 is 0. The van der Waals surface area contributed by atoms with Crippen molar-refractivity contribution in [2.75, 3.05) is 32.8 Å². The van der Waals surface area contributed by atoms with Crippen LogP contribution in [-0.4, -0.2) is 66.8 Å². The Morgan fingerprint density at radius 1 is 1.10 bits per heavy atom. The van der Waals surface area contributed by atoms with Gasteiger partial charge in [0.15, 0.2) is 0 Å². The van der Waals surface area contributed by atoms with Gasteiger partial charge in [-0.15, -0.1) is 0 Å². The van der Waals surface area contributed by atoms with Gasteiger partial charge >= 0.3 is 0 Å². The molecule has 0 aliphatic carbocycles. The van der Waals surface area contributed by atoms with E-state index in [1.165, 1.54) is 0 Å². The van der Waals surface area contributed by atoms with Gasteiger partial charge in [0.25, 0.3) is 0 Å². The molecule has 1 saturated heterocycles. The van der Waals surface area contributed by atoms with Gasteiger partial charge in [-0.25, -0.2) is 8.42 Å². The Labute approximate surface area is 124 Å². The van der Waals surface area contributed by atoms with Gasteiger partial charge in [-0.3, -0.25) is 4.90 Å². The molecule has 1 heterocycles. The summed E-state index contributed by atoms with van der Waals surface area (Å²) in [5.74, 6) is 0.389. The molecule has 20 heavy (non-hydrogen) atoms. The summed E-state index contributed by atoms with van der Waals surface area (Å²) in [6.45, 7) is 10.6. The van der Waals surface area contributed by atoms with Crippen LogP contribution < -0.4 is 0 Å². The molecule has 0 saturated carbocycles. The van der Waals surface area contributed by atoms with Crippen molar-refractivity contribution in [2.24, 2.45) is 5.92 Å². The minimum Gasteiger partial charge on any atom is -0.395 e. The molecule has 5 nitrogen and oxygen atoms in total. The van der Waals surface area contributed by atoms with Crippen LogP contribution in [0.5, 0.6) is 0 Å². The average molecular weight is 306 g/mol. The number of aliphatic hydroxyl groups excluding tert-OH is 1. The third-order valence-electron chi connectivity index (χ3n) is 4.14. The van der Waals surface area contributed by atoms with Crippen molar-refractivity contribution in [3.63, 3.8) is 0 Å². The molecule has 1 fully saturated rings. The first-order valence-electron chi connectivity index (χ1n) is 7.66. The third kappa shape index (κ3) is 4.41. The molecule has 1 aliphatic rings. The van der Waals surface area contributed by atoms with Gasteiger partial charge in [0, 0.05) is 32.2 Å². The predicted molar refractivity (Wildman–Crippen MR) is 82.1 cm³/mol. The van der Waals surface area contributed by atoms with E-state index in [-0.39, 0.29) is 17.9 Å². The highest BCUT2D eigenvalue weighted by Gasteiger charge is 2.33. The van der Waals surface area contributed by atoms with Crippen LogP contribution in [0.3, 0.4) is 0 Å². The lowest BCUT2D eigenvalue weighted by Gasteiger charge is -2.38. The zero-order valence-electron chi connectivity index (χ0n) is 13.2. The Bertz CT molecular complexity index is 372. The van der Waals surface area contributed by atoms with Gasteiger partial charge in [-0.05, 0) is 25.7 Å². The second kappa shape index (κ2) is 7.73. The lowest BCUT2D eigenvalue weighted by atomic mass is 10.1. The normalized spacial score (nSPS) is 22.1. The summed E-state index contributed by atoms with van der Waals surface area (Å²) in [4.78, 5) is 2.19. The van der Waals surface area contributed by atoms with Gasteiger partial charge in [-0.2, -0.15) is 4.31 Å². The van der Waals surface area contributed by atoms with Crippen molar-refractivity contribution in [1.29, 1.82) is 0 Å². The zero-order chi connectivity index (χ0) is 15.3. The maximum absolute atomic E-state index is 12.5. The van der Waals surface area contributed by atoms with E-state index in [4.69, 9.17) is 0 Å². The van der Waals surface area contributed by atoms with Crippen LogP contribution in [0.4, 0.5) is 0 Å². The van der Waals surface area contributed by atoms with E-state index in [0.717, 1.165) is 6.42 Å². The Kier molecular flexibility index (Phi) is 6.91. The molecule has 0 aromatic rings. The molecule has 0 aromatic heterocycles. The summed E-state index contributed by atoms with van der Waals surface area (Å²) in [7, 11) is -3.18. The van der Waals surface area contributed by atoms with E-state index >= 15 is 0 Å². The Balaban J connectivity index is 2.60. The number of piperazine rings is 1. The average Bonchev–Trinajstić information content (AvgIpc) is 2.40. The minimum absolute atomic E-state index is 0.146. The quantitative estimate of drug-likeness (QED) is 0.766. The molecule has 1 aliphatic heterocycles. The molecule has 0 amide bonds. The molecule has 6 heteroatoms. The van der Waals surface area contributed by atoms with Crippen molar-refractivity contribution in [1.82, 2.24) is 9.21 Å². The summed E-state index contributed by atoms with van der Waals surface area (Å²) in [6, 6.07) is 0.160. The van der Waals surface area contributed by atoms with E-state index in [9.17, 15) is 13.5 Å². The highest BCUT2D eigenvalue weighted by Crippen LogP contribution is 2.19. The number of rotatable bonds is 7. The van der Waals surface area contributed by atoms with Crippen molar-refractivity contribution in [2.45, 2.75) is 51.8 Å². The fourth-order valence-corrected chi connectivity index (χ4v) is 4.68. The van der Waals surface area contributed by atoms with Gasteiger partial charge in [0.2, 0.25) is 10.0 Å². The first-order chi connectivity index (χ1) is 9.32. The fourth-order valence-electron chi connectivity index (χ4n) is 2.87. The fraction of sp³-hybridized carbons (Fsp3) is 1.00. The Morgan fingerprint density at radius 3 is 2.05 bits per heavy atom. The lowest BCUT2D eigenvalue weighted by molar-refractivity contribution is 0.0878. The maximum Gasteiger partial charge on any atom is 0.216 e. The van der Waals surface area contributed by atoms with Gasteiger partial charge in [-0.1, -0.05) is 20.8 Å². The molecule has 0 spiro atoms. The minimum atomic E-state index is -3.18. The highest BCUT2D eigenvalue weighted by molar-refractivity contribution is 7.89. The molecule has 120 valence electrons. The second-order valence-corrected chi connectivity index (χ2v) is 8.52. The van der Waals surface area contributed by atoms with Gasteiger partial charge in [0.1, 0.15) is 0 Å². The smallest absolute Gasteiger partial charge is 0.216 e. The number of sulfonamides is 1. The molecule has 1 N–H and O–H groups in total. The SMILES string of the molecule is CC[C@@H](CO)N1CCN(S(=O)(=O)[C@@H](C)CC(C)C)CC1. The van der Waals surface area contributed by atoms with Crippen LogP contribution >= 0.6 is 0 Å². The number of nitrogens with zero attached hydrogens (tertiary/aromatic N) is 2. The number of hydrogen-bond acceptors (Lipinski definition) is 4. The summed E-state index contributed by atoms with van der Waals surface area (Å²) in [5, 5.41) is 9.01. The summed E-state index contributed by atoms with van der Waals surface area (Å²) < 4.78 is 26.6. The zero-order valence-corrected chi connectivity index (χ0v) is 14.1. The highest BCUT2D eigenvalue weighted by atomic mass is 32.2.